The average molecular weight is 454 g/mol. The Hall–Kier alpha value is -3.63. The predicted molar refractivity (Wildman–Crippen MR) is 135 cm³/mol. The van der Waals surface area contributed by atoms with Crippen LogP contribution < -0.4 is 5.32 Å². The molecule has 3 aromatic carbocycles. The number of nitrogens with one attached hydrogen (secondary N) is 2. The second-order valence-electron chi connectivity index (χ2n) is 8.17. The van der Waals surface area contributed by atoms with Crippen molar-refractivity contribution in [2.24, 2.45) is 0 Å². The summed E-state index contributed by atoms with van der Waals surface area (Å²) in [6.07, 6.45) is 2.35. The van der Waals surface area contributed by atoms with Gasteiger partial charge >= 0.3 is 0 Å². The molecule has 0 bridgehead atoms. The highest BCUT2D eigenvalue weighted by molar-refractivity contribution is 6.30. The minimum Gasteiger partial charge on any atom is -0.353 e. The number of carbonyl (C=O) groups excluding carboxylic acids is 1. The largest absolute Gasteiger partial charge is 0.353 e. The maximum atomic E-state index is 13.0. The van der Waals surface area contributed by atoms with E-state index in [4.69, 9.17) is 16.6 Å². The van der Waals surface area contributed by atoms with Gasteiger partial charge in [-0.25, -0.2) is 4.98 Å². The maximum Gasteiger partial charge on any atom is 0.269 e. The van der Waals surface area contributed by atoms with Crippen LogP contribution >= 0.6 is 11.6 Å². The molecule has 4 nitrogen and oxygen atoms in total. The van der Waals surface area contributed by atoms with Crippen LogP contribution in [0.15, 0.2) is 84.9 Å². The smallest absolute Gasteiger partial charge is 0.269 e. The van der Waals surface area contributed by atoms with Crippen LogP contribution in [0.5, 0.6) is 0 Å². The van der Waals surface area contributed by atoms with E-state index in [9.17, 15) is 4.79 Å². The third-order valence-electron chi connectivity index (χ3n) is 5.91. The van der Waals surface area contributed by atoms with Crippen molar-refractivity contribution in [3.63, 3.8) is 0 Å². The number of halogens is 1. The molecule has 0 aliphatic rings. The number of H-pyrrole nitrogens is 1. The molecule has 0 aliphatic carbocycles. The Morgan fingerprint density at radius 3 is 2.36 bits per heavy atom. The molecule has 0 aliphatic heterocycles. The lowest BCUT2D eigenvalue weighted by atomic mass is 10.1. The zero-order valence-electron chi connectivity index (χ0n) is 18.1. The molecule has 33 heavy (non-hydrogen) atoms. The molecule has 164 valence electrons. The van der Waals surface area contributed by atoms with Gasteiger partial charge in [0.15, 0.2) is 0 Å². The number of nitrogens with zero attached hydrogens (tertiary/aromatic N) is 1. The number of amides is 1. The normalized spacial score (nSPS) is 11.2. The highest BCUT2D eigenvalue weighted by atomic mass is 35.5. The third kappa shape index (κ3) is 4.76. The Labute approximate surface area is 197 Å². The fourth-order valence-electron chi connectivity index (χ4n) is 4.18. The van der Waals surface area contributed by atoms with Gasteiger partial charge < -0.3 is 10.3 Å². The Balaban J connectivity index is 1.41. The van der Waals surface area contributed by atoms with Crippen molar-refractivity contribution in [1.29, 1.82) is 0 Å². The van der Waals surface area contributed by atoms with Crippen molar-refractivity contribution in [3.05, 3.63) is 112 Å². The van der Waals surface area contributed by atoms with Crippen molar-refractivity contribution in [3.8, 4) is 0 Å². The van der Waals surface area contributed by atoms with Crippen LogP contribution in [0.1, 0.15) is 27.3 Å². The number of para-hydroxylation sites is 1. The predicted octanol–water partition coefficient (Wildman–Crippen LogP) is 6.13. The summed E-state index contributed by atoms with van der Waals surface area (Å²) >= 11 is 5.95. The molecule has 5 aromatic rings. The van der Waals surface area contributed by atoms with Gasteiger partial charge in [-0.3, -0.25) is 4.79 Å². The Bertz CT molecular complexity index is 1410. The molecule has 0 spiro atoms. The van der Waals surface area contributed by atoms with Gasteiger partial charge in [0, 0.05) is 27.9 Å². The van der Waals surface area contributed by atoms with Gasteiger partial charge in [-0.05, 0) is 54.7 Å². The van der Waals surface area contributed by atoms with Crippen LogP contribution in [-0.2, 0) is 19.3 Å². The number of aromatic amines is 1. The van der Waals surface area contributed by atoms with Crippen molar-refractivity contribution < 1.29 is 4.79 Å². The van der Waals surface area contributed by atoms with Crippen LogP contribution in [-0.4, -0.2) is 22.4 Å². The number of aromatic nitrogens is 2. The molecule has 5 heteroatoms. The van der Waals surface area contributed by atoms with E-state index in [0.29, 0.717) is 17.3 Å². The standard InChI is InChI=1S/C28H24ClN3O/c29-21-13-10-20(11-14-21)16-17-30-28(33)26-18-23-22-8-4-5-9-24(22)32-27(23)25(31-26)15-12-19-6-2-1-3-7-19/h1-11,13-14,18,32H,12,15-17H2,(H,30,33). The summed E-state index contributed by atoms with van der Waals surface area (Å²) in [6, 6.07) is 28.1. The molecule has 0 unspecified atom stereocenters. The molecular formula is C28H24ClN3O. The van der Waals surface area contributed by atoms with E-state index < -0.39 is 0 Å². The third-order valence-corrected chi connectivity index (χ3v) is 6.16. The van der Waals surface area contributed by atoms with Crippen LogP contribution in [0.3, 0.4) is 0 Å². The highest BCUT2D eigenvalue weighted by Crippen LogP contribution is 2.28. The Kier molecular flexibility index (Phi) is 6.09. The van der Waals surface area contributed by atoms with Crippen LogP contribution in [0, 0.1) is 0 Å². The number of pyridine rings is 1. The molecule has 0 radical (unpaired) electrons. The molecule has 2 heterocycles. The number of fused-ring (bicyclic) bond motifs is 3. The fraction of sp³-hybridized carbons (Fsp3) is 0.143. The number of hydrogen-bond donors (Lipinski definition) is 2. The van der Waals surface area contributed by atoms with E-state index in [1.54, 1.807) is 0 Å². The lowest BCUT2D eigenvalue weighted by Crippen LogP contribution is -2.26. The molecule has 2 N–H and O–H groups in total. The Morgan fingerprint density at radius 2 is 1.55 bits per heavy atom. The topological polar surface area (TPSA) is 57.8 Å². The summed E-state index contributed by atoms with van der Waals surface area (Å²) in [5.74, 6) is -0.155. The lowest BCUT2D eigenvalue weighted by molar-refractivity contribution is 0.0949. The Morgan fingerprint density at radius 1 is 0.818 bits per heavy atom. The molecule has 0 saturated heterocycles. The molecule has 5 rings (SSSR count). The van der Waals surface area contributed by atoms with Crippen molar-refractivity contribution in [1.82, 2.24) is 15.3 Å². The second kappa shape index (κ2) is 9.47. The van der Waals surface area contributed by atoms with Crippen LogP contribution in [0.25, 0.3) is 21.8 Å². The number of aryl methyl sites for hydroxylation is 2. The van der Waals surface area contributed by atoms with E-state index in [1.807, 2.05) is 60.7 Å². The molecular weight excluding hydrogens is 430 g/mol. The SMILES string of the molecule is O=C(NCCc1ccc(Cl)cc1)c1cc2c([nH]c3ccccc32)c(CCc2ccccc2)n1. The fourth-order valence-corrected chi connectivity index (χ4v) is 4.30. The quantitative estimate of drug-likeness (QED) is 0.311. The first-order valence-electron chi connectivity index (χ1n) is 11.1. The first-order chi connectivity index (χ1) is 16.2. The van der Waals surface area contributed by atoms with Gasteiger partial charge in [0.25, 0.3) is 5.91 Å². The molecule has 0 saturated carbocycles. The van der Waals surface area contributed by atoms with Gasteiger partial charge in [0.1, 0.15) is 5.69 Å². The zero-order chi connectivity index (χ0) is 22.6. The highest BCUT2D eigenvalue weighted by Gasteiger charge is 2.16. The van der Waals surface area contributed by atoms with Gasteiger partial charge in [0.05, 0.1) is 11.2 Å². The summed E-state index contributed by atoms with van der Waals surface area (Å²) in [6.45, 7) is 0.535. The van der Waals surface area contributed by atoms with Crippen LogP contribution in [0.2, 0.25) is 5.02 Å². The monoisotopic (exact) mass is 453 g/mol. The number of hydrogen-bond acceptors (Lipinski definition) is 2. The van der Waals surface area contributed by atoms with Gasteiger partial charge in [-0.15, -0.1) is 0 Å². The summed E-state index contributed by atoms with van der Waals surface area (Å²) in [7, 11) is 0. The first kappa shape index (κ1) is 21.2. The number of benzene rings is 3. The summed E-state index contributed by atoms with van der Waals surface area (Å²) in [5, 5.41) is 5.87. The minimum atomic E-state index is -0.155. The van der Waals surface area contributed by atoms with E-state index in [2.05, 4.69) is 34.6 Å². The summed E-state index contributed by atoms with van der Waals surface area (Å²) in [4.78, 5) is 21.3. The second-order valence-corrected chi connectivity index (χ2v) is 8.60. The van der Waals surface area contributed by atoms with Crippen molar-refractivity contribution in [2.45, 2.75) is 19.3 Å². The van der Waals surface area contributed by atoms with Gasteiger partial charge in [0.2, 0.25) is 0 Å². The number of carbonyl (C=O) groups is 1. The van der Waals surface area contributed by atoms with Crippen molar-refractivity contribution >= 4 is 39.3 Å². The average Bonchev–Trinajstić information content (AvgIpc) is 3.23. The van der Waals surface area contributed by atoms with Gasteiger partial charge in [-0.2, -0.15) is 0 Å². The molecule has 2 aromatic heterocycles. The summed E-state index contributed by atoms with van der Waals surface area (Å²) < 4.78 is 0. The summed E-state index contributed by atoms with van der Waals surface area (Å²) in [5.41, 5.74) is 5.80. The van der Waals surface area contributed by atoms with E-state index in [0.717, 1.165) is 52.3 Å². The van der Waals surface area contributed by atoms with E-state index >= 15 is 0 Å². The lowest BCUT2D eigenvalue weighted by Gasteiger charge is -2.09. The molecule has 0 atom stereocenters. The van der Waals surface area contributed by atoms with Crippen LogP contribution in [0.4, 0.5) is 0 Å². The maximum absolute atomic E-state index is 13.0. The van der Waals surface area contributed by atoms with Crippen molar-refractivity contribution in [2.75, 3.05) is 6.54 Å². The number of rotatable bonds is 7. The molecule has 1 amide bonds. The minimum absolute atomic E-state index is 0.155. The van der Waals surface area contributed by atoms with E-state index in [1.165, 1.54) is 5.56 Å². The van der Waals surface area contributed by atoms with Gasteiger partial charge in [-0.1, -0.05) is 72.3 Å². The molecule has 0 fully saturated rings. The van der Waals surface area contributed by atoms with E-state index in [-0.39, 0.29) is 5.91 Å². The first-order valence-corrected chi connectivity index (χ1v) is 11.5. The zero-order valence-corrected chi connectivity index (χ0v) is 18.9.